The van der Waals surface area contributed by atoms with Crippen molar-refractivity contribution in [1.29, 1.82) is 0 Å². The number of nitrogens with zero attached hydrogens (tertiary/aromatic N) is 1. The van der Waals surface area contributed by atoms with Crippen LogP contribution in [0.15, 0.2) is 12.1 Å². The normalized spacial score (nSPS) is 14.3. The monoisotopic (exact) mass is 332 g/mol. The van der Waals surface area contributed by atoms with Crippen molar-refractivity contribution < 1.29 is 24.9 Å². The lowest BCUT2D eigenvalue weighted by atomic mass is 10.1. The molecule has 1 heterocycles. The Morgan fingerprint density at radius 1 is 1.41 bits per heavy atom. The third-order valence-electron chi connectivity index (χ3n) is 2.62. The zero-order valence-corrected chi connectivity index (χ0v) is 13.5. The van der Waals surface area contributed by atoms with Gasteiger partial charge in [0.15, 0.2) is 0 Å². The summed E-state index contributed by atoms with van der Waals surface area (Å²) in [6, 6.07) is 2.64. The fourth-order valence-corrected chi connectivity index (χ4v) is 1.79. The Morgan fingerprint density at radius 2 is 2.05 bits per heavy atom. The van der Waals surface area contributed by atoms with Crippen molar-refractivity contribution in [3.05, 3.63) is 23.0 Å². The first-order valence-electron chi connectivity index (χ1n) is 6.78. The average Bonchev–Trinajstić information content (AvgIpc) is 2.38. The van der Waals surface area contributed by atoms with E-state index in [1.54, 1.807) is 20.8 Å². The fraction of sp³-hybridized carbons (Fsp3) is 0.571. The standard InChI is InChI=1S/C14H21ClN2O5/c1-14(2,3)22-13(21)16-7-6-9(19)12(20)11-8(18)4-5-10(15)17-11/h4-5,9,12,18-20H,6-7H2,1-3H3,(H,16,21). The molecule has 0 spiro atoms. The van der Waals surface area contributed by atoms with E-state index in [0.29, 0.717) is 0 Å². The van der Waals surface area contributed by atoms with Crippen molar-refractivity contribution in [1.82, 2.24) is 10.3 Å². The van der Waals surface area contributed by atoms with E-state index < -0.39 is 23.9 Å². The molecule has 1 aromatic heterocycles. The minimum absolute atomic E-state index is 0.0496. The summed E-state index contributed by atoms with van der Waals surface area (Å²) in [6.07, 6.45) is -3.21. The molecule has 7 nitrogen and oxygen atoms in total. The van der Waals surface area contributed by atoms with Crippen LogP contribution in [0.5, 0.6) is 5.75 Å². The fourth-order valence-electron chi connectivity index (χ4n) is 1.64. The highest BCUT2D eigenvalue weighted by Crippen LogP contribution is 2.27. The van der Waals surface area contributed by atoms with Gasteiger partial charge in [0.25, 0.3) is 0 Å². The Bertz CT molecular complexity index is 518. The topological polar surface area (TPSA) is 112 Å². The second kappa shape index (κ2) is 7.62. The van der Waals surface area contributed by atoms with Gasteiger partial charge in [-0.3, -0.25) is 0 Å². The first-order valence-corrected chi connectivity index (χ1v) is 7.16. The zero-order valence-electron chi connectivity index (χ0n) is 12.7. The summed E-state index contributed by atoms with van der Waals surface area (Å²) in [5, 5.41) is 32.0. The van der Waals surface area contributed by atoms with E-state index in [1.165, 1.54) is 12.1 Å². The molecule has 4 N–H and O–H groups in total. The maximum Gasteiger partial charge on any atom is 0.407 e. The van der Waals surface area contributed by atoms with Crippen molar-refractivity contribution in [3.8, 4) is 5.75 Å². The molecule has 0 aliphatic carbocycles. The molecule has 0 fully saturated rings. The van der Waals surface area contributed by atoms with E-state index in [0.717, 1.165) is 0 Å². The van der Waals surface area contributed by atoms with Crippen LogP contribution in [-0.4, -0.2) is 44.6 Å². The molecule has 22 heavy (non-hydrogen) atoms. The number of rotatable bonds is 5. The van der Waals surface area contributed by atoms with Crippen LogP contribution >= 0.6 is 11.6 Å². The first-order chi connectivity index (χ1) is 10.1. The smallest absolute Gasteiger partial charge is 0.407 e. The van der Waals surface area contributed by atoms with Crippen molar-refractivity contribution >= 4 is 17.7 Å². The highest BCUT2D eigenvalue weighted by atomic mass is 35.5. The number of halogens is 1. The SMILES string of the molecule is CC(C)(C)OC(=O)NCCC(O)C(O)c1nc(Cl)ccc1O. The second-order valence-corrected chi connectivity index (χ2v) is 6.16. The van der Waals surface area contributed by atoms with Gasteiger partial charge in [-0.15, -0.1) is 0 Å². The van der Waals surface area contributed by atoms with E-state index >= 15 is 0 Å². The average molecular weight is 333 g/mol. The van der Waals surface area contributed by atoms with Crippen molar-refractivity contribution in [2.24, 2.45) is 0 Å². The van der Waals surface area contributed by atoms with Crippen LogP contribution in [0.1, 0.15) is 39.0 Å². The molecule has 2 unspecified atom stereocenters. The van der Waals surface area contributed by atoms with Crippen molar-refractivity contribution in [2.45, 2.75) is 45.0 Å². The minimum atomic E-state index is -1.42. The van der Waals surface area contributed by atoms with E-state index in [-0.39, 0.29) is 29.6 Å². The van der Waals surface area contributed by atoms with Gasteiger partial charge in [0.05, 0.1) is 6.10 Å². The molecule has 124 valence electrons. The van der Waals surface area contributed by atoms with Crippen molar-refractivity contribution in [3.63, 3.8) is 0 Å². The lowest BCUT2D eigenvalue weighted by Crippen LogP contribution is -2.34. The minimum Gasteiger partial charge on any atom is -0.506 e. The van der Waals surface area contributed by atoms with E-state index in [1.807, 2.05) is 0 Å². The Balaban J connectivity index is 2.50. The van der Waals surface area contributed by atoms with Gasteiger partial charge in [-0.05, 0) is 39.3 Å². The number of nitrogens with one attached hydrogen (secondary N) is 1. The van der Waals surface area contributed by atoms with Gasteiger partial charge in [0.1, 0.15) is 28.3 Å². The van der Waals surface area contributed by atoms with Crippen molar-refractivity contribution in [2.75, 3.05) is 6.54 Å². The molecule has 0 aliphatic rings. The number of aliphatic hydroxyl groups is 2. The number of aromatic hydroxyl groups is 1. The van der Waals surface area contributed by atoms with Crippen LogP contribution in [0.2, 0.25) is 5.15 Å². The Hall–Kier alpha value is -1.57. The predicted octanol–water partition coefficient (Wildman–Crippen LogP) is 1.75. The maximum atomic E-state index is 11.4. The molecule has 0 saturated heterocycles. The lowest BCUT2D eigenvalue weighted by Gasteiger charge is -2.21. The lowest BCUT2D eigenvalue weighted by molar-refractivity contribution is 0.00860. The summed E-state index contributed by atoms with van der Waals surface area (Å²) >= 11 is 5.68. The third kappa shape index (κ3) is 6.05. The second-order valence-electron chi connectivity index (χ2n) is 5.77. The van der Waals surface area contributed by atoms with Gasteiger partial charge >= 0.3 is 6.09 Å². The number of pyridine rings is 1. The molecule has 1 rings (SSSR count). The summed E-state index contributed by atoms with van der Waals surface area (Å²) < 4.78 is 5.04. The summed E-state index contributed by atoms with van der Waals surface area (Å²) in [5.74, 6) is -0.268. The molecule has 0 aliphatic heterocycles. The summed E-state index contributed by atoms with van der Waals surface area (Å²) in [4.78, 5) is 15.2. The quantitative estimate of drug-likeness (QED) is 0.611. The largest absolute Gasteiger partial charge is 0.506 e. The van der Waals surface area contributed by atoms with Crippen LogP contribution in [0, 0.1) is 0 Å². The highest BCUT2D eigenvalue weighted by Gasteiger charge is 2.23. The van der Waals surface area contributed by atoms with Gasteiger partial charge < -0.3 is 25.4 Å². The molecule has 0 aromatic carbocycles. The van der Waals surface area contributed by atoms with Crippen LogP contribution in [0.25, 0.3) is 0 Å². The van der Waals surface area contributed by atoms with E-state index in [9.17, 15) is 20.1 Å². The molecule has 0 bridgehead atoms. The number of aromatic nitrogens is 1. The van der Waals surface area contributed by atoms with Gasteiger partial charge in [-0.2, -0.15) is 0 Å². The van der Waals surface area contributed by atoms with Gasteiger partial charge in [-0.25, -0.2) is 9.78 Å². The van der Waals surface area contributed by atoms with Crippen LogP contribution in [0.3, 0.4) is 0 Å². The molecule has 0 radical (unpaired) electrons. The molecular weight excluding hydrogens is 312 g/mol. The molecule has 8 heteroatoms. The number of ether oxygens (including phenoxy) is 1. The number of hydrogen-bond donors (Lipinski definition) is 4. The van der Waals surface area contributed by atoms with Crippen LogP contribution in [0.4, 0.5) is 4.79 Å². The highest BCUT2D eigenvalue weighted by molar-refractivity contribution is 6.29. The summed E-state index contributed by atoms with van der Waals surface area (Å²) in [5.41, 5.74) is -0.726. The van der Waals surface area contributed by atoms with Gasteiger partial charge in [0, 0.05) is 6.54 Å². The molecule has 2 atom stereocenters. The predicted molar refractivity (Wildman–Crippen MR) is 80.7 cm³/mol. The molecular formula is C14H21ClN2O5. The van der Waals surface area contributed by atoms with E-state index in [2.05, 4.69) is 10.3 Å². The van der Waals surface area contributed by atoms with Crippen LogP contribution < -0.4 is 5.32 Å². The first kappa shape index (κ1) is 18.5. The number of carbonyl (C=O) groups excluding carboxylic acids is 1. The summed E-state index contributed by atoms with van der Waals surface area (Å²) in [7, 11) is 0. The third-order valence-corrected chi connectivity index (χ3v) is 2.83. The molecule has 1 amide bonds. The van der Waals surface area contributed by atoms with Gasteiger partial charge in [-0.1, -0.05) is 11.6 Å². The Labute approximate surface area is 133 Å². The number of amides is 1. The number of carbonyl (C=O) groups is 1. The maximum absolute atomic E-state index is 11.4. The zero-order chi connectivity index (χ0) is 16.9. The number of hydrogen-bond acceptors (Lipinski definition) is 6. The van der Waals surface area contributed by atoms with Crippen LogP contribution in [-0.2, 0) is 4.74 Å². The summed E-state index contributed by atoms with van der Waals surface area (Å²) in [6.45, 7) is 5.30. The molecule has 1 aromatic rings. The number of alkyl carbamates (subject to hydrolysis) is 1. The number of aliphatic hydroxyl groups excluding tert-OH is 2. The Morgan fingerprint density at radius 3 is 2.64 bits per heavy atom. The van der Waals surface area contributed by atoms with E-state index in [4.69, 9.17) is 16.3 Å². The van der Waals surface area contributed by atoms with Gasteiger partial charge in [0.2, 0.25) is 0 Å². The molecule has 0 saturated carbocycles. The Kier molecular flexibility index (Phi) is 6.40.